The number of likely N-dealkylation sites (tertiary alicyclic amines) is 1. The van der Waals surface area contributed by atoms with Gasteiger partial charge in [-0.25, -0.2) is 9.67 Å². The summed E-state index contributed by atoms with van der Waals surface area (Å²) in [5.41, 5.74) is 0.999. The van der Waals surface area contributed by atoms with Gasteiger partial charge in [0.25, 0.3) is 11.5 Å². The van der Waals surface area contributed by atoms with Crippen LogP contribution in [0.4, 0.5) is 5.13 Å². The molecule has 2 aromatic heterocycles. The monoisotopic (exact) mass is 375 g/mol. The maximum Gasteiger partial charge on any atom is 0.277 e. The summed E-state index contributed by atoms with van der Waals surface area (Å²) in [5.74, 6) is 0.461. The number of aryl methyl sites for hydroxylation is 1. The van der Waals surface area contributed by atoms with Crippen molar-refractivity contribution in [1.82, 2.24) is 19.7 Å². The van der Waals surface area contributed by atoms with Crippen LogP contribution in [-0.2, 0) is 13.1 Å². The Labute approximate surface area is 157 Å². The Balaban J connectivity index is 1.61. The predicted molar refractivity (Wildman–Crippen MR) is 103 cm³/mol. The zero-order valence-electron chi connectivity index (χ0n) is 15.3. The largest absolute Gasteiger partial charge is 0.297 e. The molecule has 0 spiro atoms. The Morgan fingerprint density at radius 3 is 2.85 bits per heavy atom. The highest BCUT2D eigenvalue weighted by Crippen LogP contribution is 2.21. The van der Waals surface area contributed by atoms with E-state index in [4.69, 9.17) is 0 Å². The van der Waals surface area contributed by atoms with Crippen LogP contribution in [0.1, 0.15) is 49.3 Å². The number of hydrogen-bond donors (Lipinski definition) is 1. The molecule has 0 unspecified atom stereocenters. The summed E-state index contributed by atoms with van der Waals surface area (Å²) >= 11 is 1.41. The summed E-state index contributed by atoms with van der Waals surface area (Å²) in [6.45, 7) is 7.77. The van der Waals surface area contributed by atoms with Crippen molar-refractivity contribution in [2.45, 2.75) is 46.2 Å². The van der Waals surface area contributed by atoms with Crippen LogP contribution in [0.2, 0.25) is 0 Å². The highest BCUT2D eigenvalue weighted by atomic mass is 32.1. The van der Waals surface area contributed by atoms with Crippen LogP contribution >= 0.6 is 11.3 Å². The lowest BCUT2D eigenvalue weighted by Gasteiger charge is -2.29. The maximum atomic E-state index is 12.4. The van der Waals surface area contributed by atoms with Gasteiger partial charge in [0.15, 0.2) is 5.13 Å². The third kappa shape index (κ3) is 4.76. The van der Waals surface area contributed by atoms with Gasteiger partial charge in [-0.15, -0.1) is 11.3 Å². The van der Waals surface area contributed by atoms with Gasteiger partial charge in [-0.1, -0.05) is 13.8 Å². The van der Waals surface area contributed by atoms with Crippen molar-refractivity contribution >= 4 is 22.4 Å². The van der Waals surface area contributed by atoms with Crippen LogP contribution in [-0.4, -0.2) is 38.7 Å². The lowest BCUT2D eigenvalue weighted by atomic mass is 9.99. The standard InChI is InChI=1S/C18H25N5O2S/c1-3-8-23-16(24)5-4-15(21-23)17(25)20-18-19-14(12-26-18)11-22-9-6-13(2)7-10-22/h4-5,12-13H,3,6-11H2,1-2H3,(H,19,20,25). The van der Waals surface area contributed by atoms with E-state index in [0.717, 1.165) is 37.7 Å². The first kappa shape index (κ1) is 18.7. The number of anilines is 1. The zero-order valence-corrected chi connectivity index (χ0v) is 16.1. The molecule has 0 radical (unpaired) electrons. The fourth-order valence-electron chi connectivity index (χ4n) is 2.99. The maximum absolute atomic E-state index is 12.4. The number of amides is 1. The van der Waals surface area contributed by atoms with Crippen molar-refractivity contribution in [3.63, 3.8) is 0 Å². The molecule has 1 aliphatic rings. The number of thiazole rings is 1. The van der Waals surface area contributed by atoms with Gasteiger partial charge in [-0.05, 0) is 44.3 Å². The average Bonchev–Trinajstić information content (AvgIpc) is 3.06. The van der Waals surface area contributed by atoms with Crippen molar-refractivity contribution in [1.29, 1.82) is 0 Å². The molecule has 3 heterocycles. The van der Waals surface area contributed by atoms with E-state index in [-0.39, 0.29) is 17.2 Å². The zero-order chi connectivity index (χ0) is 18.5. The highest BCUT2D eigenvalue weighted by Gasteiger charge is 2.17. The number of piperidine rings is 1. The van der Waals surface area contributed by atoms with E-state index < -0.39 is 0 Å². The fraction of sp³-hybridized carbons (Fsp3) is 0.556. The molecule has 0 bridgehead atoms. The Morgan fingerprint density at radius 2 is 2.12 bits per heavy atom. The molecule has 0 atom stereocenters. The van der Waals surface area contributed by atoms with Crippen molar-refractivity contribution in [2.24, 2.45) is 5.92 Å². The Bertz CT molecular complexity index is 808. The SMILES string of the molecule is CCCn1nc(C(=O)Nc2nc(CN3CCC(C)CC3)cs2)ccc1=O. The van der Waals surface area contributed by atoms with Crippen LogP contribution in [0, 0.1) is 5.92 Å². The summed E-state index contributed by atoms with van der Waals surface area (Å²) in [6.07, 6.45) is 3.24. The van der Waals surface area contributed by atoms with E-state index in [0.29, 0.717) is 11.7 Å². The van der Waals surface area contributed by atoms with Crippen LogP contribution in [0.15, 0.2) is 22.3 Å². The summed E-state index contributed by atoms with van der Waals surface area (Å²) in [7, 11) is 0. The van der Waals surface area contributed by atoms with E-state index in [1.54, 1.807) is 0 Å². The van der Waals surface area contributed by atoms with Gasteiger partial charge in [0.05, 0.1) is 5.69 Å². The number of aromatic nitrogens is 3. The van der Waals surface area contributed by atoms with Gasteiger partial charge in [0.1, 0.15) is 5.69 Å². The van der Waals surface area contributed by atoms with Gasteiger partial charge >= 0.3 is 0 Å². The average molecular weight is 375 g/mol. The van der Waals surface area contributed by atoms with Crippen molar-refractivity contribution in [2.75, 3.05) is 18.4 Å². The second-order valence-corrected chi connectivity index (χ2v) is 7.69. The molecular weight excluding hydrogens is 350 g/mol. The summed E-state index contributed by atoms with van der Waals surface area (Å²) < 4.78 is 1.32. The first-order valence-corrected chi connectivity index (χ1v) is 9.99. The van der Waals surface area contributed by atoms with Gasteiger partial charge in [-0.2, -0.15) is 5.10 Å². The van der Waals surface area contributed by atoms with Gasteiger partial charge in [0, 0.05) is 24.5 Å². The Kier molecular flexibility index (Phi) is 6.16. The second-order valence-electron chi connectivity index (χ2n) is 6.84. The van der Waals surface area contributed by atoms with E-state index in [1.165, 1.54) is 41.0 Å². The molecule has 1 N–H and O–H groups in total. The molecule has 1 amide bonds. The Morgan fingerprint density at radius 1 is 1.35 bits per heavy atom. The summed E-state index contributed by atoms with van der Waals surface area (Å²) in [5, 5.41) is 9.46. The molecular formula is C18H25N5O2S. The number of hydrogen-bond acceptors (Lipinski definition) is 6. The van der Waals surface area contributed by atoms with Gasteiger partial charge < -0.3 is 0 Å². The predicted octanol–water partition coefficient (Wildman–Crippen LogP) is 2.59. The normalized spacial score (nSPS) is 15.9. The number of rotatable bonds is 6. The minimum absolute atomic E-state index is 0.198. The van der Waals surface area contributed by atoms with E-state index in [2.05, 4.69) is 27.2 Å². The molecule has 1 fully saturated rings. The second kappa shape index (κ2) is 8.55. The Hall–Kier alpha value is -2.06. The molecule has 8 heteroatoms. The first-order chi connectivity index (χ1) is 12.5. The molecule has 0 aromatic carbocycles. The lowest BCUT2D eigenvalue weighted by molar-refractivity contribution is 0.101. The van der Waals surface area contributed by atoms with Gasteiger partial charge in [-0.3, -0.25) is 19.8 Å². The minimum atomic E-state index is -0.345. The topological polar surface area (TPSA) is 80.1 Å². The molecule has 2 aromatic rings. The smallest absolute Gasteiger partial charge is 0.277 e. The molecule has 0 saturated carbocycles. The number of nitrogens with zero attached hydrogens (tertiary/aromatic N) is 4. The molecule has 26 heavy (non-hydrogen) atoms. The van der Waals surface area contributed by atoms with Crippen LogP contribution in [0.25, 0.3) is 0 Å². The third-order valence-electron chi connectivity index (χ3n) is 4.57. The number of carbonyl (C=O) groups excluding carboxylic acids is 1. The number of carbonyl (C=O) groups is 1. The van der Waals surface area contributed by atoms with Gasteiger partial charge in [0.2, 0.25) is 0 Å². The highest BCUT2D eigenvalue weighted by molar-refractivity contribution is 7.13. The molecule has 7 nitrogen and oxygen atoms in total. The molecule has 1 aliphatic heterocycles. The number of nitrogens with one attached hydrogen (secondary N) is 1. The molecule has 3 rings (SSSR count). The van der Waals surface area contributed by atoms with Crippen LogP contribution in [0.3, 0.4) is 0 Å². The lowest BCUT2D eigenvalue weighted by Crippen LogP contribution is -2.32. The summed E-state index contributed by atoms with van der Waals surface area (Å²) in [4.78, 5) is 31.0. The first-order valence-electron chi connectivity index (χ1n) is 9.11. The van der Waals surface area contributed by atoms with E-state index in [9.17, 15) is 9.59 Å². The third-order valence-corrected chi connectivity index (χ3v) is 5.38. The minimum Gasteiger partial charge on any atom is -0.297 e. The van der Waals surface area contributed by atoms with E-state index >= 15 is 0 Å². The molecule has 1 saturated heterocycles. The van der Waals surface area contributed by atoms with Crippen LogP contribution in [0.5, 0.6) is 0 Å². The molecule has 0 aliphatic carbocycles. The van der Waals surface area contributed by atoms with Crippen molar-refractivity contribution in [3.8, 4) is 0 Å². The summed E-state index contributed by atoms with van der Waals surface area (Å²) in [6, 6.07) is 2.83. The van der Waals surface area contributed by atoms with Crippen LogP contribution < -0.4 is 10.9 Å². The quantitative estimate of drug-likeness (QED) is 0.839. The van der Waals surface area contributed by atoms with E-state index in [1.807, 2.05) is 12.3 Å². The molecule has 140 valence electrons. The fourth-order valence-corrected chi connectivity index (χ4v) is 3.69. The van der Waals surface area contributed by atoms with Crippen molar-refractivity contribution in [3.05, 3.63) is 39.3 Å². The van der Waals surface area contributed by atoms with Crippen molar-refractivity contribution < 1.29 is 4.79 Å².